The fourth-order valence-corrected chi connectivity index (χ4v) is 2.42. The Morgan fingerprint density at radius 1 is 1.17 bits per heavy atom. The van der Waals surface area contributed by atoms with E-state index >= 15 is 0 Å². The molecule has 0 aliphatic carbocycles. The van der Waals surface area contributed by atoms with Crippen molar-refractivity contribution in [2.45, 2.75) is 33.2 Å². The van der Waals surface area contributed by atoms with E-state index < -0.39 is 0 Å². The number of nitrogens with zero attached hydrogens (tertiary/aromatic N) is 2. The number of nitrogens with one attached hydrogen (secondary N) is 3. The molecule has 0 fully saturated rings. The topological polar surface area (TPSA) is 93.3 Å². The molecule has 0 saturated heterocycles. The van der Waals surface area contributed by atoms with Crippen molar-refractivity contribution in [2.75, 3.05) is 23.4 Å². The summed E-state index contributed by atoms with van der Waals surface area (Å²) < 4.78 is 0. The second-order valence-electron chi connectivity index (χ2n) is 5.58. The Hall–Kier alpha value is -2.54. The van der Waals surface area contributed by atoms with Crippen LogP contribution in [0.15, 0.2) is 35.1 Å². The van der Waals surface area contributed by atoms with Crippen LogP contribution >= 0.6 is 0 Å². The number of hydrogen-bond acceptors (Lipinski definition) is 6. The summed E-state index contributed by atoms with van der Waals surface area (Å²) in [6.07, 6.45) is 2.01. The first-order valence-corrected chi connectivity index (χ1v) is 8.25. The average Bonchev–Trinajstić information content (AvgIpc) is 2.56. The molecule has 0 aliphatic rings. The number of phenolic OH excluding ortho intramolecular Hbond substituents is 1. The molecule has 0 unspecified atom stereocenters. The molecule has 0 aliphatic heterocycles. The minimum absolute atomic E-state index is 0.218. The van der Waals surface area contributed by atoms with E-state index in [-0.39, 0.29) is 11.4 Å². The summed E-state index contributed by atoms with van der Waals surface area (Å²) in [5, 5.41) is 9.26. The van der Waals surface area contributed by atoms with Crippen LogP contribution < -0.4 is 21.4 Å². The Morgan fingerprint density at radius 3 is 2.46 bits per heavy atom. The van der Waals surface area contributed by atoms with Gasteiger partial charge in [-0.1, -0.05) is 13.8 Å². The fraction of sp³-hybridized carbons (Fsp3) is 0.412. The lowest BCUT2D eigenvalue weighted by Crippen LogP contribution is -2.30. The summed E-state index contributed by atoms with van der Waals surface area (Å²) >= 11 is 0. The Morgan fingerprint density at radius 2 is 1.83 bits per heavy atom. The zero-order valence-corrected chi connectivity index (χ0v) is 14.2. The Bertz CT molecular complexity index is 678. The van der Waals surface area contributed by atoms with Crippen LogP contribution in [0.1, 0.15) is 32.4 Å². The van der Waals surface area contributed by atoms with E-state index in [4.69, 9.17) is 0 Å². The van der Waals surface area contributed by atoms with Crippen molar-refractivity contribution in [3.63, 3.8) is 0 Å². The quantitative estimate of drug-likeness (QED) is 0.416. The summed E-state index contributed by atoms with van der Waals surface area (Å²) in [7, 11) is 0. The highest BCUT2D eigenvalue weighted by atomic mass is 16.3. The molecule has 0 atom stereocenters. The molecule has 0 amide bonds. The van der Waals surface area contributed by atoms with E-state index in [9.17, 15) is 9.90 Å². The predicted molar refractivity (Wildman–Crippen MR) is 96.2 cm³/mol. The van der Waals surface area contributed by atoms with Crippen LogP contribution in [0.4, 0.5) is 11.5 Å². The molecule has 0 bridgehead atoms. The van der Waals surface area contributed by atoms with Gasteiger partial charge in [0, 0.05) is 30.5 Å². The SMILES string of the molecule is CCCN(CCC)c1cc(CNNc2ccc(O)cc2)[nH]c(=O)n1. The molecule has 130 valence electrons. The van der Waals surface area contributed by atoms with Crippen LogP contribution in [0.5, 0.6) is 5.75 Å². The van der Waals surface area contributed by atoms with Crippen molar-refractivity contribution in [1.82, 2.24) is 15.4 Å². The minimum Gasteiger partial charge on any atom is -0.508 e. The molecule has 1 heterocycles. The first-order chi connectivity index (χ1) is 11.6. The maximum Gasteiger partial charge on any atom is 0.347 e. The van der Waals surface area contributed by atoms with Gasteiger partial charge in [-0.05, 0) is 37.1 Å². The van der Waals surface area contributed by atoms with Gasteiger partial charge < -0.3 is 20.4 Å². The van der Waals surface area contributed by atoms with Gasteiger partial charge in [-0.15, -0.1) is 0 Å². The van der Waals surface area contributed by atoms with Gasteiger partial charge in [0.2, 0.25) is 0 Å². The zero-order valence-electron chi connectivity index (χ0n) is 14.2. The van der Waals surface area contributed by atoms with Gasteiger partial charge in [0.1, 0.15) is 11.6 Å². The summed E-state index contributed by atoms with van der Waals surface area (Å²) in [6.45, 7) is 6.42. The van der Waals surface area contributed by atoms with Crippen molar-refractivity contribution in [1.29, 1.82) is 0 Å². The molecule has 0 spiro atoms. The van der Waals surface area contributed by atoms with Crippen molar-refractivity contribution in [2.24, 2.45) is 0 Å². The molecule has 4 N–H and O–H groups in total. The standard InChI is InChI=1S/C17H25N5O2/c1-3-9-22(10-4-2)16-11-14(19-17(24)20-16)12-18-21-13-5-7-15(23)8-6-13/h5-8,11,18,21,23H,3-4,9-10,12H2,1-2H3,(H,19,20,24). The number of anilines is 2. The third-order valence-electron chi connectivity index (χ3n) is 3.48. The first kappa shape index (κ1) is 17.8. The second-order valence-corrected chi connectivity index (χ2v) is 5.58. The van der Waals surface area contributed by atoms with E-state index in [1.165, 1.54) is 0 Å². The van der Waals surface area contributed by atoms with Gasteiger partial charge in [0.05, 0.1) is 6.54 Å². The molecule has 7 nitrogen and oxygen atoms in total. The monoisotopic (exact) mass is 331 g/mol. The maximum atomic E-state index is 11.8. The number of H-pyrrole nitrogens is 1. The lowest BCUT2D eigenvalue weighted by molar-refractivity contribution is 0.475. The normalized spacial score (nSPS) is 10.6. The molecule has 1 aromatic heterocycles. The number of hydrogen-bond donors (Lipinski definition) is 4. The van der Waals surface area contributed by atoms with Crippen molar-refractivity contribution in [3.8, 4) is 5.75 Å². The number of aromatic nitrogens is 2. The van der Waals surface area contributed by atoms with Gasteiger partial charge in [0.25, 0.3) is 0 Å². The average molecular weight is 331 g/mol. The summed E-state index contributed by atoms with van der Waals surface area (Å²) in [6, 6.07) is 8.62. The van der Waals surface area contributed by atoms with Crippen LogP contribution in [0.3, 0.4) is 0 Å². The van der Waals surface area contributed by atoms with E-state index in [0.717, 1.165) is 37.3 Å². The van der Waals surface area contributed by atoms with E-state index in [0.29, 0.717) is 12.4 Å². The number of benzene rings is 1. The maximum absolute atomic E-state index is 11.8. The van der Waals surface area contributed by atoms with Gasteiger partial charge in [-0.3, -0.25) is 0 Å². The second kappa shape index (κ2) is 8.93. The molecule has 0 radical (unpaired) electrons. The summed E-state index contributed by atoms with van der Waals surface area (Å²) in [4.78, 5) is 20.8. The van der Waals surface area contributed by atoms with Gasteiger partial charge in [-0.25, -0.2) is 10.2 Å². The van der Waals surface area contributed by atoms with Crippen LogP contribution in [-0.2, 0) is 6.54 Å². The molecule has 24 heavy (non-hydrogen) atoms. The van der Waals surface area contributed by atoms with Gasteiger partial charge in [0.15, 0.2) is 0 Å². The van der Waals surface area contributed by atoms with E-state index in [2.05, 4.69) is 39.6 Å². The molecular weight excluding hydrogens is 306 g/mol. The third-order valence-corrected chi connectivity index (χ3v) is 3.48. The van der Waals surface area contributed by atoms with E-state index in [1.807, 2.05) is 6.07 Å². The number of phenols is 1. The number of hydrazine groups is 1. The zero-order chi connectivity index (χ0) is 17.4. The van der Waals surface area contributed by atoms with Gasteiger partial charge >= 0.3 is 5.69 Å². The minimum atomic E-state index is -0.342. The highest BCUT2D eigenvalue weighted by Crippen LogP contribution is 2.13. The van der Waals surface area contributed by atoms with Crippen molar-refractivity contribution >= 4 is 11.5 Å². The van der Waals surface area contributed by atoms with E-state index in [1.54, 1.807) is 24.3 Å². The summed E-state index contributed by atoms with van der Waals surface area (Å²) in [5.41, 5.74) is 7.31. The van der Waals surface area contributed by atoms with Crippen LogP contribution in [-0.4, -0.2) is 28.2 Å². The Kier molecular flexibility index (Phi) is 6.62. The molecular formula is C17H25N5O2. The molecule has 2 aromatic rings. The Labute approximate surface area is 141 Å². The molecule has 2 rings (SSSR count). The van der Waals surface area contributed by atoms with Crippen LogP contribution in [0.2, 0.25) is 0 Å². The highest BCUT2D eigenvalue weighted by Gasteiger charge is 2.08. The number of aromatic amines is 1. The Balaban J connectivity index is 2.01. The number of aromatic hydroxyl groups is 1. The highest BCUT2D eigenvalue weighted by molar-refractivity contribution is 5.45. The molecule has 7 heteroatoms. The number of rotatable bonds is 9. The fourth-order valence-electron chi connectivity index (χ4n) is 2.42. The van der Waals surface area contributed by atoms with Crippen molar-refractivity contribution in [3.05, 3.63) is 46.5 Å². The molecule has 1 aromatic carbocycles. The van der Waals surface area contributed by atoms with Crippen LogP contribution in [0, 0.1) is 0 Å². The third kappa shape index (κ3) is 5.27. The van der Waals surface area contributed by atoms with Crippen molar-refractivity contribution < 1.29 is 5.11 Å². The predicted octanol–water partition coefficient (Wildman–Crippen LogP) is 2.22. The lowest BCUT2D eigenvalue weighted by Gasteiger charge is -2.22. The van der Waals surface area contributed by atoms with Crippen LogP contribution in [0.25, 0.3) is 0 Å². The smallest absolute Gasteiger partial charge is 0.347 e. The first-order valence-electron chi connectivity index (χ1n) is 8.25. The largest absolute Gasteiger partial charge is 0.508 e. The lowest BCUT2D eigenvalue weighted by atomic mass is 10.3. The molecule has 0 saturated carbocycles. The summed E-state index contributed by atoms with van der Waals surface area (Å²) in [5.74, 6) is 0.930. The van der Waals surface area contributed by atoms with Gasteiger partial charge in [-0.2, -0.15) is 4.98 Å².